The van der Waals surface area contributed by atoms with E-state index in [9.17, 15) is 19.2 Å². The number of nitrogens with two attached hydrogens (primary N) is 1. The molecule has 0 spiro atoms. The van der Waals surface area contributed by atoms with E-state index >= 15 is 0 Å². The number of piperazine rings is 1. The Kier molecular flexibility index (Phi) is 8.39. The van der Waals surface area contributed by atoms with E-state index in [1.807, 2.05) is 6.07 Å². The molecule has 1 fully saturated rings. The number of hydrogen-bond acceptors (Lipinski definition) is 6. The second kappa shape index (κ2) is 11.4. The molecule has 10 nitrogen and oxygen atoms in total. The number of fused-ring (bicyclic) bond motifs is 1. The Morgan fingerprint density at radius 1 is 0.971 bits per heavy atom. The molecule has 2 heterocycles. The number of ether oxygens (including phenoxy) is 1. The number of carbonyl (C=O) groups is 4. The van der Waals surface area contributed by atoms with Gasteiger partial charge in [0.15, 0.2) is 0 Å². The maximum absolute atomic E-state index is 13.0. The standard InChI is InChI=1S/C24H30N4O6/c1-34-23-16-7-5-6-8-17(16)26-18(22(23)24(25)33)15-20(30)28-13-11-27(12-14-28)19(29)9-3-2-4-10-21(31)32/h5-8H,2-4,9-15H2,1H3,(H2,25,33)(H,31,32). The first-order chi connectivity index (χ1) is 16.3. The number of carbonyl (C=O) groups excluding carboxylic acids is 3. The highest BCUT2D eigenvalue weighted by Crippen LogP contribution is 2.31. The first-order valence-electron chi connectivity index (χ1n) is 11.3. The Balaban J connectivity index is 1.60. The van der Waals surface area contributed by atoms with Gasteiger partial charge in [-0.1, -0.05) is 18.6 Å². The predicted octanol–water partition coefficient (Wildman–Crippen LogP) is 1.59. The zero-order valence-electron chi connectivity index (χ0n) is 19.3. The molecule has 0 atom stereocenters. The average molecular weight is 471 g/mol. The number of carboxylic acid groups (broad SMARTS) is 1. The fourth-order valence-corrected chi connectivity index (χ4v) is 4.17. The number of benzene rings is 1. The van der Waals surface area contributed by atoms with Crippen LogP contribution in [-0.4, -0.2) is 76.9 Å². The number of amides is 3. The van der Waals surface area contributed by atoms with Crippen molar-refractivity contribution in [2.24, 2.45) is 5.73 Å². The molecule has 1 aliphatic heterocycles. The van der Waals surface area contributed by atoms with E-state index in [0.29, 0.717) is 68.5 Å². The van der Waals surface area contributed by atoms with Crippen LogP contribution in [0.3, 0.4) is 0 Å². The number of nitrogens with zero attached hydrogens (tertiary/aromatic N) is 3. The van der Waals surface area contributed by atoms with Crippen LogP contribution in [0.1, 0.15) is 48.2 Å². The van der Waals surface area contributed by atoms with E-state index in [1.165, 1.54) is 7.11 Å². The molecule has 1 aromatic heterocycles. The summed E-state index contributed by atoms with van der Waals surface area (Å²) in [7, 11) is 1.45. The van der Waals surface area contributed by atoms with Gasteiger partial charge in [0.1, 0.15) is 11.3 Å². The fourth-order valence-electron chi connectivity index (χ4n) is 4.17. The summed E-state index contributed by atoms with van der Waals surface area (Å²) in [5.74, 6) is -1.42. The quantitative estimate of drug-likeness (QED) is 0.502. The van der Waals surface area contributed by atoms with Crippen molar-refractivity contribution in [3.05, 3.63) is 35.5 Å². The first-order valence-corrected chi connectivity index (χ1v) is 11.3. The van der Waals surface area contributed by atoms with Gasteiger partial charge in [0, 0.05) is 44.4 Å². The monoisotopic (exact) mass is 470 g/mol. The van der Waals surface area contributed by atoms with Crippen LogP contribution in [0.25, 0.3) is 10.9 Å². The summed E-state index contributed by atoms with van der Waals surface area (Å²) in [5.41, 5.74) is 6.58. The Hall–Kier alpha value is -3.69. The molecule has 0 saturated carbocycles. The molecule has 0 unspecified atom stereocenters. The van der Waals surface area contributed by atoms with Crippen molar-refractivity contribution in [2.45, 2.75) is 38.5 Å². The Labute approximate surface area is 197 Å². The highest BCUT2D eigenvalue weighted by molar-refractivity contribution is 6.03. The lowest BCUT2D eigenvalue weighted by Crippen LogP contribution is -2.51. The average Bonchev–Trinajstić information content (AvgIpc) is 2.82. The van der Waals surface area contributed by atoms with E-state index < -0.39 is 11.9 Å². The number of primary amides is 1. The first kappa shape index (κ1) is 24.9. The number of aromatic nitrogens is 1. The number of aliphatic carboxylic acids is 1. The van der Waals surface area contributed by atoms with Gasteiger partial charge in [-0.05, 0) is 25.0 Å². The van der Waals surface area contributed by atoms with Crippen LogP contribution in [0, 0.1) is 0 Å². The topological polar surface area (TPSA) is 143 Å². The molecule has 2 aromatic rings. The normalized spacial score (nSPS) is 13.7. The van der Waals surface area contributed by atoms with Gasteiger partial charge in [-0.2, -0.15) is 0 Å². The minimum absolute atomic E-state index is 0.0133. The van der Waals surface area contributed by atoms with Gasteiger partial charge in [0.2, 0.25) is 11.8 Å². The van der Waals surface area contributed by atoms with Crippen molar-refractivity contribution in [1.29, 1.82) is 0 Å². The van der Waals surface area contributed by atoms with Gasteiger partial charge in [-0.3, -0.25) is 24.2 Å². The third-order valence-corrected chi connectivity index (χ3v) is 5.96. The third kappa shape index (κ3) is 6.00. The number of hydrogen-bond donors (Lipinski definition) is 2. The lowest BCUT2D eigenvalue weighted by atomic mass is 10.0. The number of rotatable bonds is 10. The Morgan fingerprint density at radius 2 is 1.59 bits per heavy atom. The van der Waals surface area contributed by atoms with Crippen LogP contribution >= 0.6 is 0 Å². The van der Waals surface area contributed by atoms with Gasteiger partial charge >= 0.3 is 5.97 Å². The second-order valence-electron chi connectivity index (χ2n) is 8.24. The number of carboxylic acids is 1. The van der Waals surface area contributed by atoms with E-state index in [0.717, 1.165) is 0 Å². The molecule has 1 aromatic carbocycles. The van der Waals surface area contributed by atoms with E-state index in [1.54, 1.807) is 28.0 Å². The fraction of sp³-hybridized carbons (Fsp3) is 0.458. The van der Waals surface area contributed by atoms with Crippen molar-refractivity contribution in [2.75, 3.05) is 33.3 Å². The number of unbranched alkanes of at least 4 members (excludes halogenated alkanes) is 2. The van der Waals surface area contributed by atoms with Crippen molar-refractivity contribution in [1.82, 2.24) is 14.8 Å². The molecule has 0 bridgehead atoms. The van der Waals surface area contributed by atoms with Gasteiger partial charge in [-0.25, -0.2) is 0 Å². The summed E-state index contributed by atoms with van der Waals surface area (Å²) in [5, 5.41) is 9.31. The largest absolute Gasteiger partial charge is 0.495 e. The predicted molar refractivity (Wildman–Crippen MR) is 124 cm³/mol. The molecule has 34 heavy (non-hydrogen) atoms. The zero-order valence-corrected chi connectivity index (χ0v) is 19.3. The minimum atomic E-state index is -0.826. The zero-order chi connectivity index (χ0) is 24.7. The SMILES string of the molecule is COc1c(C(N)=O)c(CC(=O)N2CCN(C(=O)CCCCCC(=O)O)CC2)nc2ccccc12. The molecule has 0 radical (unpaired) electrons. The van der Waals surface area contributed by atoms with Gasteiger partial charge in [-0.15, -0.1) is 0 Å². The van der Waals surface area contributed by atoms with Crippen molar-refractivity contribution < 1.29 is 29.0 Å². The van der Waals surface area contributed by atoms with Gasteiger partial charge in [0.05, 0.1) is 24.7 Å². The molecule has 3 rings (SSSR count). The van der Waals surface area contributed by atoms with Crippen LogP contribution in [0.2, 0.25) is 0 Å². The molecule has 3 N–H and O–H groups in total. The van der Waals surface area contributed by atoms with Crippen molar-refractivity contribution in [3.63, 3.8) is 0 Å². The Morgan fingerprint density at radius 3 is 2.21 bits per heavy atom. The third-order valence-electron chi connectivity index (χ3n) is 5.96. The highest BCUT2D eigenvalue weighted by Gasteiger charge is 2.27. The van der Waals surface area contributed by atoms with Crippen LogP contribution in [0.5, 0.6) is 5.75 Å². The van der Waals surface area contributed by atoms with Gasteiger partial charge < -0.3 is 25.4 Å². The molecule has 1 saturated heterocycles. The molecule has 182 valence electrons. The van der Waals surface area contributed by atoms with Crippen LogP contribution in [0.4, 0.5) is 0 Å². The molecule has 3 amide bonds. The lowest BCUT2D eigenvalue weighted by molar-refractivity contribution is -0.139. The summed E-state index contributed by atoms with van der Waals surface area (Å²) < 4.78 is 5.45. The van der Waals surface area contributed by atoms with Crippen molar-refractivity contribution in [3.8, 4) is 5.75 Å². The van der Waals surface area contributed by atoms with E-state index in [4.69, 9.17) is 15.6 Å². The number of para-hydroxylation sites is 1. The van der Waals surface area contributed by atoms with Crippen molar-refractivity contribution >= 4 is 34.6 Å². The molecular formula is C24H30N4O6. The number of pyridine rings is 1. The summed E-state index contributed by atoms with van der Waals surface area (Å²) in [6, 6.07) is 7.18. The lowest BCUT2D eigenvalue weighted by Gasteiger charge is -2.35. The van der Waals surface area contributed by atoms with Crippen LogP contribution < -0.4 is 10.5 Å². The smallest absolute Gasteiger partial charge is 0.303 e. The number of methoxy groups -OCH3 is 1. The summed E-state index contributed by atoms with van der Waals surface area (Å²) in [6.07, 6.45) is 2.29. The maximum atomic E-state index is 13.0. The molecule has 10 heteroatoms. The summed E-state index contributed by atoms with van der Waals surface area (Å²) >= 11 is 0. The highest BCUT2D eigenvalue weighted by atomic mass is 16.5. The second-order valence-corrected chi connectivity index (χ2v) is 8.24. The molecule has 1 aliphatic rings. The van der Waals surface area contributed by atoms with Gasteiger partial charge in [0.25, 0.3) is 5.91 Å². The van der Waals surface area contributed by atoms with E-state index in [-0.39, 0.29) is 35.9 Å². The maximum Gasteiger partial charge on any atom is 0.303 e. The summed E-state index contributed by atoms with van der Waals surface area (Å²) in [4.78, 5) is 56.0. The van der Waals surface area contributed by atoms with Crippen LogP contribution in [0.15, 0.2) is 24.3 Å². The van der Waals surface area contributed by atoms with Crippen LogP contribution in [-0.2, 0) is 20.8 Å². The minimum Gasteiger partial charge on any atom is -0.495 e. The Bertz CT molecular complexity index is 1080. The van der Waals surface area contributed by atoms with E-state index in [2.05, 4.69) is 4.98 Å². The summed E-state index contributed by atoms with van der Waals surface area (Å²) in [6.45, 7) is 1.63. The molecule has 0 aliphatic carbocycles. The molecular weight excluding hydrogens is 440 g/mol.